The molecule has 7 N–H and O–H groups in total. The van der Waals surface area contributed by atoms with Gasteiger partial charge in [0.25, 0.3) is 0 Å². The summed E-state index contributed by atoms with van der Waals surface area (Å²) in [6.07, 6.45) is 7.78. The van der Waals surface area contributed by atoms with Crippen LogP contribution in [0.3, 0.4) is 0 Å². The van der Waals surface area contributed by atoms with E-state index < -0.39 is 0 Å². The third-order valence-electron chi connectivity index (χ3n) is 19.7. The van der Waals surface area contributed by atoms with Gasteiger partial charge in [-0.2, -0.15) is 0 Å². The summed E-state index contributed by atoms with van der Waals surface area (Å²) in [7, 11) is 0. The Bertz CT molecular complexity index is 4080. The van der Waals surface area contributed by atoms with Crippen molar-refractivity contribution in [3.63, 3.8) is 0 Å². The number of hydrogen-bond donors (Lipinski definition) is 7. The molecule has 14 heteroatoms. The molecule has 9 aromatic carbocycles. The molecule has 13 rings (SSSR count). The van der Waals surface area contributed by atoms with Crippen molar-refractivity contribution in [3.05, 3.63) is 291 Å². The van der Waals surface area contributed by atoms with E-state index in [2.05, 4.69) is 152 Å². The number of allylic oxidation sites excluding steroid dienone is 3. The van der Waals surface area contributed by atoms with Gasteiger partial charge >= 0.3 is 0 Å². The molecule has 3 saturated heterocycles. The number of phenolic OH excluding ortho intramolecular Hbond substituents is 2. The van der Waals surface area contributed by atoms with E-state index in [1.54, 1.807) is 24.3 Å². The number of benzene rings is 9. The topological polar surface area (TPSA) is 179 Å². The van der Waals surface area contributed by atoms with Crippen molar-refractivity contribution in [1.29, 1.82) is 0 Å². The van der Waals surface area contributed by atoms with Crippen LogP contribution in [0.1, 0.15) is 108 Å². The van der Waals surface area contributed by atoms with Crippen molar-refractivity contribution >= 4 is 49.4 Å². The maximum atomic E-state index is 9.87. The summed E-state index contributed by atoms with van der Waals surface area (Å²) in [4.78, 5) is 7.02. The van der Waals surface area contributed by atoms with Gasteiger partial charge < -0.3 is 50.0 Å². The Hall–Kier alpha value is -8.64. The molecular weight excluding hydrogens is 1340 g/mol. The normalized spacial score (nSPS) is 17.7. The van der Waals surface area contributed by atoms with Crippen LogP contribution < -0.4 is 14.2 Å². The second-order valence-corrected chi connectivity index (χ2v) is 27.5. The first-order valence-corrected chi connectivity index (χ1v) is 37.1. The van der Waals surface area contributed by atoms with Crippen LogP contribution in [0.4, 0.5) is 0 Å². The second kappa shape index (κ2) is 38.6. The number of fused-ring (bicyclic) bond motifs is 1. The molecule has 3 heterocycles. The molecule has 0 amide bonds. The molecule has 0 aromatic heterocycles. The first-order valence-electron chi connectivity index (χ1n) is 36.3. The van der Waals surface area contributed by atoms with Gasteiger partial charge in [0.05, 0.1) is 13.2 Å². The van der Waals surface area contributed by atoms with Gasteiger partial charge in [0.1, 0.15) is 48.6 Å². The Balaban J connectivity index is 0.000000154. The minimum atomic E-state index is 0.125. The van der Waals surface area contributed by atoms with E-state index >= 15 is 0 Å². The van der Waals surface area contributed by atoms with E-state index in [-0.39, 0.29) is 50.6 Å². The van der Waals surface area contributed by atoms with Gasteiger partial charge in [-0.05, 0) is 232 Å². The number of hydrogen-bond acceptors (Lipinski definition) is 13. The average Bonchev–Trinajstić information content (AvgIpc) is 1.59. The summed E-state index contributed by atoms with van der Waals surface area (Å²) in [6.45, 7) is 9.90. The Morgan fingerprint density at radius 3 is 1.09 bits per heavy atom. The van der Waals surface area contributed by atoms with Crippen molar-refractivity contribution in [1.82, 2.24) is 14.7 Å². The maximum absolute atomic E-state index is 9.87. The van der Waals surface area contributed by atoms with E-state index in [4.69, 9.17) is 14.2 Å². The van der Waals surface area contributed by atoms with Crippen molar-refractivity contribution in [3.8, 4) is 28.7 Å². The monoisotopic (exact) mass is 1440 g/mol. The third-order valence-corrected chi connectivity index (χ3v) is 20.2. The third kappa shape index (κ3) is 21.0. The van der Waals surface area contributed by atoms with Crippen LogP contribution in [-0.2, 0) is 0 Å². The lowest BCUT2D eigenvalue weighted by atomic mass is 9.87. The number of piperidine rings is 1. The summed E-state index contributed by atoms with van der Waals surface area (Å²) in [6, 6.07) is 79.4. The van der Waals surface area contributed by atoms with E-state index in [1.165, 1.54) is 36.2 Å². The molecule has 3 aliphatic heterocycles. The van der Waals surface area contributed by atoms with Crippen LogP contribution in [0, 0.1) is 11.8 Å². The molecular formula is C88H98BrN3O10. The molecule has 0 radical (unpaired) electrons. The first kappa shape index (κ1) is 74.5. The zero-order chi connectivity index (χ0) is 70.8. The van der Waals surface area contributed by atoms with Crippen LogP contribution in [0.5, 0.6) is 28.7 Å². The van der Waals surface area contributed by atoms with Crippen LogP contribution in [-0.4, -0.2) is 161 Å². The predicted octanol–water partition coefficient (Wildman–Crippen LogP) is 15.6. The molecule has 532 valence electrons. The summed E-state index contributed by atoms with van der Waals surface area (Å²) >= 11 is 3.55. The number of aliphatic hydroxyl groups is 5. The van der Waals surface area contributed by atoms with Gasteiger partial charge in [0, 0.05) is 75.6 Å². The van der Waals surface area contributed by atoms with Gasteiger partial charge in [-0.1, -0.05) is 180 Å². The highest BCUT2D eigenvalue weighted by Gasteiger charge is 2.51. The Labute approximate surface area is 610 Å². The van der Waals surface area contributed by atoms with Crippen molar-refractivity contribution in [2.45, 2.75) is 69.9 Å². The van der Waals surface area contributed by atoms with Crippen molar-refractivity contribution in [2.75, 3.05) is 98.7 Å². The summed E-state index contributed by atoms with van der Waals surface area (Å²) in [5.41, 5.74) is 16.8. The highest BCUT2D eigenvalue weighted by atomic mass is 79.9. The molecule has 102 heavy (non-hydrogen) atoms. The van der Waals surface area contributed by atoms with Crippen molar-refractivity contribution < 1.29 is 50.0 Å². The lowest BCUT2D eigenvalue weighted by Crippen LogP contribution is -2.38. The maximum Gasteiger partial charge on any atom is 0.119 e. The highest BCUT2D eigenvalue weighted by Crippen LogP contribution is 2.49. The van der Waals surface area contributed by atoms with Crippen LogP contribution in [0.15, 0.2) is 241 Å². The zero-order valence-corrected chi connectivity index (χ0v) is 60.0. The first-order chi connectivity index (χ1) is 50.1. The summed E-state index contributed by atoms with van der Waals surface area (Å²) < 4.78 is 19.1. The highest BCUT2D eigenvalue weighted by molar-refractivity contribution is 9.10. The van der Waals surface area contributed by atoms with Gasteiger partial charge in [0.15, 0.2) is 0 Å². The number of halogens is 1. The van der Waals surface area contributed by atoms with Gasteiger partial charge in [0.2, 0.25) is 0 Å². The Morgan fingerprint density at radius 1 is 0.382 bits per heavy atom. The number of ether oxygens (including phenoxy) is 3. The number of aromatic hydroxyl groups is 2. The van der Waals surface area contributed by atoms with Gasteiger partial charge in [-0.3, -0.25) is 14.7 Å². The van der Waals surface area contributed by atoms with Gasteiger partial charge in [-0.25, -0.2) is 0 Å². The fourth-order valence-electron chi connectivity index (χ4n) is 14.2. The fraction of sp³-hybridized carbons (Fsp3) is 0.318. The molecule has 1 aliphatic carbocycles. The molecule has 4 atom stereocenters. The van der Waals surface area contributed by atoms with Crippen LogP contribution in [0.25, 0.3) is 33.4 Å². The van der Waals surface area contributed by atoms with Gasteiger partial charge in [-0.15, -0.1) is 0 Å². The number of nitrogens with zero attached hydrogens (tertiary/aromatic N) is 3. The van der Waals surface area contributed by atoms with Crippen molar-refractivity contribution in [2.24, 2.45) is 11.8 Å². The largest absolute Gasteiger partial charge is 0.508 e. The lowest BCUT2D eigenvalue weighted by Gasteiger charge is -2.25. The molecule has 4 fully saturated rings. The summed E-state index contributed by atoms with van der Waals surface area (Å²) in [5, 5.41) is 67.6. The Morgan fingerprint density at radius 2 is 0.735 bits per heavy atom. The smallest absolute Gasteiger partial charge is 0.119 e. The number of aliphatic hydroxyl groups excluding tert-OH is 5. The minimum Gasteiger partial charge on any atom is -0.508 e. The Kier molecular flexibility index (Phi) is 28.2. The van der Waals surface area contributed by atoms with E-state index in [0.29, 0.717) is 38.0 Å². The average molecular weight is 1440 g/mol. The molecule has 13 nitrogen and oxygen atoms in total. The molecule has 4 aliphatic rings. The molecule has 0 bridgehead atoms. The van der Waals surface area contributed by atoms with E-state index in [9.17, 15) is 35.7 Å². The molecule has 0 spiro atoms. The fourth-order valence-corrected chi connectivity index (χ4v) is 14.5. The molecule has 0 unspecified atom stereocenters. The second-order valence-electron chi connectivity index (χ2n) is 26.6. The van der Waals surface area contributed by atoms with E-state index in [1.807, 2.05) is 91.0 Å². The molecule has 9 aromatic rings. The number of likely N-dealkylation sites (tertiary alicyclic amines) is 2. The van der Waals surface area contributed by atoms with Crippen LogP contribution in [0.2, 0.25) is 0 Å². The SMILES string of the molecule is OCCC/C(=C(\c1ccc(Br)cc1)c1ccc(OCCN2CC2)cc1)c1ccccc1.OCCC/C(=C(\c1ccc(O)cc1)c1ccc(OCCN2CCC[C@@H]2CO)cc1)c1ccccc1.OCCC/C(=C(\c1ccc(O)cc1)c1ccc(OCCN2C[C@H]3C[C@H]3[C@H]2CO)cc1)c1ccccc1. The zero-order valence-electron chi connectivity index (χ0n) is 58.4. The predicted molar refractivity (Wildman–Crippen MR) is 414 cm³/mol. The minimum absolute atomic E-state index is 0.125. The standard InChI is InChI=1S/C31H35NO4.C30H35NO4.C27H28BrNO2/c33-17-4-7-28(22-5-2-1-3-6-22)31(23-8-12-26(35)13-9-23)24-10-14-27(15-11-24)36-18-16-32-20-25-19-29(25)30(32)21-34;32-20-5-9-29(23-6-2-1-3-7-23)30(24-10-14-27(34)15-11-24)25-12-16-28(17-13-25)35-21-19-31-18-4-8-26(31)22-33;28-24-12-8-22(9-13-24)27(26(7-4-19-30)21-5-2-1-3-6-21)23-10-14-25(15-11-23)31-20-18-29-16-17-29/h1-3,5-6,8-15,25,29-30,33-35H,4,7,16-21H2;1-3,6-7,10-17,26,32-34H,4-5,8-9,18-22H2;1-3,5-6,8-15,30H,4,7,16-20H2/b31-28-;30-29-;27-26-/t25-,29-,30-;26-;/m11./s1. The number of rotatable bonds is 32. The summed E-state index contributed by atoms with van der Waals surface area (Å²) in [5.74, 6) is 4.46. The quantitative estimate of drug-likeness (QED) is 0.0157. The molecule has 1 saturated carbocycles. The van der Waals surface area contributed by atoms with E-state index in [0.717, 1.165) is 172 Å². The van der Waals surface area contributed by atoms with Crippen LogP contribution >= 0.6 is 15.9 Å². The lowest BCUT2D eigenvalue weighted by molar-refractivity contribution is 0.120. The number of phenols is 2.